The van der Waals surface area contributed by atoms with E-state index in [0.717, 1.165) is 11.1 Å². The van der Waals surface area contributed by atoms with Crippen molar-refractivity contribution < 1.29 is 9.84 Å². The Morgan fingerprint density at radius 3 is 2.63 bits per heavy atom. The Morgan fingerprint density at radius 2 is 1.95 bits per heavy atom. The highest BCUT2D eigenvalue weighted by atomic mass is 16.5. The minimum Gasteiger partial charge on any atom is -0.506 e. The van der Waals surface area contributed by atoms with Crippen LogP contribution in [0.15, 0.2) is 36.5 Å². The van der Waals surface area contributed by atoms with E-state index in [0.29, 0.717) is 24.5 Å². The van der Waals surface area contributed by atoms with Gasteiger partial charge < -0.3 is 15.6 Å². The highest BCUT2D eigenvalue weighted by molar-refractivity contribution is 5.40. The summed E-state index contributed by atoms with van der Waals surface area (Å²) in [6.07, 6.45) is 1.71. The Labute approximate surface area is 112 Å². The fourth-order valence-corrected chi connectivity index (χ4v) is 1.89. The standard InChI is InChI=1S/C15H18N2O2/c1-11-15(18)14(7-16)13(8-17-11)10-19-9-12-5-3-2-4-6-12/h2-6,8,18H,7,9-10,16H2,1H3. The molecule has 1 aromatic heterocycles. The Bertz CT molecular complexity index is 541. The molecule has 0 aliphatic carbocycles. The van der Waals surface area contributed by atoms with Gasteiger partial charge in [-0.05, 0) is 12.5 Å². The molecule has 100 valence electrons. The maximum Gasteiger partial charge on any atom is 0.141 e. The van der Waals surface area contributed by atoms with E-state index in [1.165, 1.54) is 0 Å². The number of rotatable bonds is 5. The van der Waals surface area contributed by atoms with E-state index in [4.69, 9.17) is 10.5 Å². The minimum atomic E-state index is 0.170. The van der Waals surface area contributed by atoms with Crippen molar-refractivity contribution in [3.63, 3.8) is 0 Å². The van der Waals surface area contributed by atoms with Crippen molar-refractivity contribution in [2.24, 2.45) is 5.73 Å². The molecule has 4 nitrogen and oxygen atoms in total. The molecule has 2 aromatic rings. The molecule has 0 aliphatic heterocycles. The molecule has 0 aliphatic rings. The third kappa shape index (κ3) is 3.30. The van der Waals surface area contributed by atoms with Crippen molar-refractivity contribution >= 4 is 0 Å². The number of hydrogen-bond donors (Lipinski definition) is 2. The molecular weight excluding hydrogens is 240 g/mol. The predicted octanol–water partition coefficient (Wildman–Crippen LogP) is 2.27. The van der Waals surface area contributed by atoms with Crippen LogP contribution in [0.25, 0.3) is 0 Å². The van der Waals surface area contributed by atoms with Crippen LogP contribution in [-0.4, -0.2) is 10.1 Å². The number of nitrogens with two attached hydrogens (primary N) is 1. The summed E-state index contributed by atoms with van der Waals surface area (Å²) >= 11 is 0. The number of aromatic nitrogens is 1. The molecule has 0 fully saturated rings. The largest absolute Gasteiger partial charge is 0.506 e. The lowest BCUT2D eigenvalue weighted by Crippen LogP contribution is -2.06. The third-order valence-electron chi connectivity index (χ3n) is 3.00. The first-order valence-corrected chi connectivity index (χ1v) is 6.20. The van der Waals surface area contributed by atoms with E-state index in [2.05, 4.69) is 4.98 Å². The molecule has 0 radical (unpaired) electrons. The van der Waals surface area contributed by atoms with Gasteiger partial charge in [0.2, 0.25) is 0 Å². The van der Waals surface area contributed by atoms with Crippen LogP contribution >= 0.6 is 0 Å². The van der Waals surface area contributed by atoms with Crippen molar-refractivity contribution in [1.82, 2.24) is 4.98 Å². The quantitative estimate of drug-likeness (QED) is 0.863. The number of nitrogens with zero attached hydrogens (tertiary/aromatic N) is 1. The van der Waals surface area contributed by atoms with Crippen molar-refractivity contribution in [2.45, 2.75) is 26.7 Å². The molecule has 0 saturated carbocycles. The number of ether oxygens (including phenoxy) is 1. The normalized spacial score (nSPS) is 10.6. The topological polar surface area (TPSA) is 68.4 Å². The predicted molar refractivity (Wildman–Crippen MR) is 73.5 cm³/mol. The van der Waals surface area contributed by atoms with Crippen LogP contribution in [0.5, 0.6) is 5.75 Å². The van der Waals surface area contributed by atoms with Gasteiger partial charge in [-0.3, -0.25) is 4.98 Å². The van der Waals surface area contributed by atoms with Gasteiger partial charge in [0.25, 0.3) is 0 Å². The summed E-state index contributed by atoms with van der Waals surface area (Å²) in [6.45, 7) is 2.95. The molecular formula is C15H18N2O2. The molecule has 19 heavy (non-hydrogen) atoms. The molecule has 3 N–H and O–H groups in total. The van der Waals surface area contributed by atoms with Gasteiger partial charge >= 0.3 is 0 Å². The molecule has 1 aromatic carbocycles. The van der Waals surface area contributed by atoms with Crippen LogP contribution in [0, 0.1) is 6.92 Å². The molecule has 2 rings (SSSR count). The second kappa shape index (κ2) is 6.31. The fraction of sp³-hybridized carbons (Fsp3) is 0.267. The maximum atomic E-state index is 9.90. The number of pyridine rings is 1. The van der Waals surface area contributed by atoms with Crippen molar-refractivity contribution in [3.05, 3.63) is 58.9 Å². The average Bonchev–Trinajstić information content (AvgIpc) is 2.44. The SMILES string of the molecule is Cc1ncc(COCc2ccccc2)c(CN)c1O. The molecule has 1 heterocycles. The van der Waals surface area contributed by atoms with Crippen molar-refractivity contribution in [1.29, 1.82) is 0 Å². The molecule has 0 unspecified atom stereocenters. The average molecular weight is 258 g/mol. The molecule has 0 amide bonds. The summed E-state index contributed by atoms with van der Waals surface area (Å²) in [5.41, 5.74) is 8.91. The van der Waals surface area contributed by atoms with E-state index in [1.54, 1.807) is 13.1 Å². The molecule has 4 heteroatoms. The zero-order valence-electron chi connectivity index (χ0n) is 11.0. The van der Waals surface area contributed by atoms with Gasteiger partial charge in [0.05, 0.1) is 18.9 Å². The summed E-state index contributed by atoms with van der Waals surface area (Å²) in [4.78, 5) is 4.13. The summed E-state index contributed by atoms with van der Waals surface area (Å²) in [5, 5.41) is 9.90. The molecule has 0 spiro atoms. The Balaban J connectivity index is 2.02. The Hall–Kier alpha value is -1.91. The lowest BCUT2D eigenvalue weighted by molar-refractivity contribution is 0.106. The number of benzene rings is 1. The van der Waals surface area contributed by atoms with Gasteiger partial charge in [-0.25, -0.2) is 0 Å². The zero-order chi connectivity index (χ0) is 13.7. The van der Waals surface area contributed by atoms with E-state index in [9.17, 15) is 5.11 Å². The van der Waals surface area contributed by atoms with Crippen molar-refractivity contribution in [3.8, 4) is 5.75 Å². The lowest BCUT2D eigenvalue weighted by atomic mass is 10.1. The first-order valence-electron chi connectivity index (χ1n) is 6.20. The van der Waals surface area contributed by atoms with Crippen LogP contribution in [0.4, 0.5) is 0 Å². The second-order valence-electron chi connectivity index (χ2n) is 4.38. The fourth-order valence-electron chi connectivity index (χ4n) is 1.89. The molecule has 0 bridgehead atoms. The van der Waals surface area contributed by atoms with Gasteiger partial charge in [0.1, 0.15) is 5.75 Å². The van der Waals surface area contributed by atoms with Crippen molar-refractivity contribution in [2.75, 3.05) is 0 Å². The van der Waals surface area contributed by atoms with Gasteiger partial charge in [-0.1, -0.05) is 30.3 Å². The minimum absolute atomic E-state index is 0.170. The summed E-state index contributed by atoms with van der Waals surface area (Å²) in [5.74, 6) is 0.170. The first kappa shape index (κ1) is 13.5. The highest BCUT2D eigenvalue weighted by Gasteiger charge is 2.10. The van der Waals surface area contributed by atoms with Crippen LogP contribution in [0.1, 0.15) is 22.4 Å². The van der Waals surface area contributed by atoms with E-state index < -0.39 is 0 Å². The monoisotopic (exact) mass is 258 g/mol. The molecule has 0 saturated heterocycles. The maximum absolute atomic E-state index is 9.90. The van der Waals surface area contributed by atoms with Crippen LogP contribution in [0.2, 0.25) is 0 Å². The summed E-state index contributed by atoms with van der Waals surface area (Å²) < 4.78 is 5.64. The van der Waals surface area contributed by atoms with Crippen LogP contribution in [0.3, 0.4) is 0 Å². The Morgan fingerprint density at radius 1 is 1.21 bits per heavy atom. The van der Waals surface area contributed by atoms with E-state index in [1.807, 2.05) is 30.3 Å². The van der Waals surface area contributed by atoms with Crippen LogP contribution < -0.4 is 5.73 Å². The zero-order valence-corrected chi connectivity index (χ0v) is 11.0. The van der Waals surface area contributed by atoms with Gasteiger partial charge in [-0.15, -0.1) is 0 Å². The molecule has 0 atom stereocenters. The van der Waals surface area contributed by atoms with Crippen LogP contribution in [-0.2, 0) is 24.5 Å². The number of aromatic hydroxyl groups is 1. The lowest BCUT2D eigenvalue weighted by Gasteiger charge is -2.11. The second-order valence-corrected chi connectivity index (χ2v) is 4.38. The highest BCUT2D eigenvalue weighted by Crippen LogP contribution is 2.23. The third-order valence-corrected chi connectivity index (χ3v) is 3.00. The van der Waals surface area contributed by atoms with Gasteiger partial charge in [0, 0.05) is 23.9 Å². The van der Waals surface area contributed by atoms with Gasteiger partial charge in [0.15, 0.2) is 0 Å². The summed E-state index contributed by atoms with van der Waals surface area (Å²) in [6, 6.07) is 9.94. The first-order chi connectivity index (χ1) is 9.22. The van der Waals surface area contributed by atoms with Gasteiger partial charge in [-0.2, -0.15) is 0 Å². The number of hydrogen-bond acceptors (Lipinski definition) is 4. The summed E-state index contributed by atoms with van der Waals surface area (Å²) in [7, 11) is 0. The number of aryl methyl sites for hydroxylation is 1. The Kier molecular flexibility index (Phi) is 4.49. The smallest absolute Gasteiger partial charge is 0.141 e. The van der Waals surface area contributed by atoms with E-state index >= 15 is 0 Å². The van der Waals surface area contributed by atoms with E-state index in [-0.39, 0.29) is 12.3 Å².